The zero-order valence-corrected chi connectivity index (χ0v) is 8.87. The SMILES string of the molecule is O=C1C=CC(=O)C(C2CCCCCC2)=C1. The molecule has 2 rings (SSSR count). The Morgan fingerprint density at radius 2 is 1.60 bits per heavy atom. The highest BCUT2D eigenvalue weighted by Gasteiger charge is 2.23. The second kappa shape index (κ2) is 4.56. The Hall–Kier alpha value is -1.18. The lowest BCUT2D eigenvalue weighted by Crippen LogP contribution is -2.15. The van der Waals surface area contributed by atoms with E-state index in [1.54, 1.807) is 6.08 Å². The van der Waals surface area contributed by atoms with Crippen molar-refractivity contribution < 1.29 is 9.59 Å². The molecule has 2 heteroatoms. The maximum absolute atomic E-state index is 11.6. The van der Waals surface area contributed by atoms with Gasteiger partial charge in [-0.1, -0.05) is 25.7 Å². The normalized spacial score (nSPS) is 23.9. The molecule has 0 aromatic carbocycles. The van der Waals surface area contributed by atoms with E-state index in [0.717, 1.165) is 18.4 Å². The van der Waals surface area contributed by atoms with Crippen LogP contribution in [0, 0.1) is 5.92 Å². The first-order valence-corrected chi connectivity index (χ1v) is 5.75. The van der Waals surface area contributed by atoms with Crippen molar-refractivity contribution >= 4 is 11.6 Å². The molecule has 1 saturated carbocycles. The van der Waals surface area contributed by atoms with E-state index < -0.39 is 0 Å². The van der Waals surface area contributed by atoms with Gasteiger partial charge in [-0.15, -0.1) is 0 Å². The van der Waals surface area contributed by atoms with E-state index in [4.69, 9.17) is 0 Å². The fourth-order valence-corrected chi connectivity index (χ4v) is 2.44. The van der Waals surface area contributed by atoms with E-state index in [9.17, 15) is 9.59 Å². The highest BCUT2D eigenvalue weighted by atomic mass is 16.1. The van der Waals surface area contributed by atoms with E-state index >= 15 is 0 Å². The molecule has 2 nitrogen and oxygen atoms in total. The van der Waals surface area contributed by atoms with Gasteiger partial charge in [0.15, 0.2) is 11.6 Å². The molecule has 0 spiro atoms. The Balaban J connectivity index is 2.14. The molecule has 15 heavy (non-hydrogen) atoms. The number of allylic oxidation sites excluding steroid dienone is 4. The van der Waals surface area contributed by atoms with Gasteiger partial charge in [-0.3, -0.25) is 9.59 Å². The van der Waals surface area contributed by atoms with Crippen LogP contribution in [0.4, 0.5) is 0 Å². The highest BCUT2D eigenvalue weighted by molar-refractivity contribution is 6.17. The second-order valence-electron chi connectivity index (χ2n) is 4.39. The van der Waals surface area contributed by atoms with Gasteiger partial charge in [0, 0.05) is 5.57 Å². The molecule has 0 heterocycles. The van der Waals surface area contributed by atoms with Crippen molar-refractivity contribution in [2.75, 3.05) is 0 Å². The van der Waals surface area contributed by atoms with Crippen LogP contribution >= 0.6 is 0 Å². The predicted octanol–water partition coefficient (Wildman–Crippen LogP) is 2.59. The van der Waals surface area contributed by atoms with Crippen molar-refractivity contribution in [2.24, 2.45) is 5.92 Å². The van der Waals surface area contributed by atoms with E-state index in [0.29, 0.717) is 5.92 Å². The smallest absolute Gasteiger partial charge is 0.182 e. The lowest BCUT2D eigenvalue weighted by molar-refractivity contribution is -0.115. The third-order valence-electron chi connectivity index (χ3n) is 3.28. The van der Waals surface area contributed by atoms with Crippen LogP contribution < -0.4 is 0 Å². The van der Waals surface area contributed by atoms with Gasteiger partial charge in [0.05, 0.1) is 0 Å². The first-order valence-electron chi connectivity index (χ1n) is 5.75. The van der Waals surface area contributed by atoms with Crippen LogP contribution in [0.5, 0.6) is 0 Å². The molecule has 0 aliphatic heterocycles. The van der Waals surface area contributed by atoms with E-state index in [2.05, 4.69) is 0 Å². The molecule has 0 aromatic rings. The summed E-state index contributed by atoms with van der Waals surface area (Å²) in [5.41, 5.74) is 0.754. The third kappa shape index (κ3) is 2.44. The zero-order valence-electron chi connectivity index (χ0n) is 8.87. The Kier molecular flexibility index (Phi) is 3.14. The fourth-order valence-electron chi connectivity index (χ4n) is 2.44. The van der Waals surface area contributed by atoms with Gasteiger partial charge in [0.1, 0.15) is 0 Å². The number of hydrogen-bond donors (Lipinski definition) is 0. The molecule has 0 atom stereocenters. The maximum atomic E-state index is 11.6. The molecule has 0 bridgehead atoms. The topological polar surface area (TPSA) is 34.1 Å². The Morgan fingerprint density at radius 1 is 0.933 bits per heavy atom. The summed E-state index contributed by atoms with van der Waals surface area (Å²) in [5.74, 6) is 0.337. The first-order chi connectivity index (χ1) is 7.27. The summed E-state index contributed by atoms with van der Waals surface area (Å²) in [6.07, 6.45) is 11.4. The van der Waals surface area contributed by atoms with Crippen LogP contribution in [0.3, 0.4) is 0 Å². The number of ketones is 2. The molecular weight excluding hydrogens is 188 g/mol. The van der Waals surface area contributed by atoms with Crippen molar-refractivity contribution in [1.82, 2.24) is 0 Å². The summed E-state index contributed by atoms with van der Waals surface area (Å²) >= 11 is 0. The van der Waals surface area contributed by atoms with Crippen molar-refractivity contribution in [1.29, 1.82) is 0 Å². The summed E-state index contributed by atoms with van der Waals surface area (Å²) in [6.45, 7) is 0. The van der Waals surface area contributed by atoms with Gasteiger partial charge in [0.25, 0.3) is 0 Å². The van der Waals surface area contributed by atoms with Crippen LogP contribution in [0.2, 0.25) is 0 Å². The van der Waals surface area contributed by atoms with Crippen LogP contribution in [-0.2, 0) is 9.59 Å². The minimum absolute atomic E-state index is 0.0335. The Morgan fingerprint density at radius 3 is 2.27 bits per heavy atom. The highest BCUT2D eigenvalue weighted by Crippen LogP contribution is 2.30. The molecular formula is C13H16O2. The van der Waals surface area contributed by atoms with Crippen molar-refractivity contribution in [3.63, 3.8) is 0 Å². The first kappa shape index (κ1) is 10.3. The van der Waals surface area contributed by atoms with Crippen LogP contribution in [0.1, 0.15) is 38.5 Å². The number of carbonyl (C=O) groups is 2. The number of rotatable bonds is 1. The molecule has 1 fully saturated rings. The Bertz CT molecular complexity index is 328. The van der Waals surface area contributed by atoms with Gasteiger partial charge in [-0.05, 0) is 37.0 Å². The van der Waals surface area contributed by atoms with Crippen LogP contribution in [-0.4, -0.2) is 11.6 Å². The molecule has 2 aliphatic carbocycles. The standard InChI is InChI=1S/C13H16O2/c14-11-7-8-13(15)12(9-11)10-5-3-1-2-4-6-10/h7-10H,1-6H2. The summed E-state index contributed by atoms with van der Waals surface area (Å²) in [7, 11) is 0. The average Bonchev–Trinajstić information content (AvgIpc) is 2.50. The summed E-state index contributed by atoms with van der Waals surface area (Å²) < 4.78 is 0. The van der Waals surface area contributed by atoms with E-state index in [1.165, 1.54) is 37.8 Å². The van der Waals surface area contributed by atoms with Crippen molar-refractivity contribution in [3.05, 3.63) is 23.8 Å². The molecule has 0 saturated heterocycles. The Labute approximate surface area is 90.1 Å². The fraction of sp³-hybridized carbons (Fsp3) is 0.538. The predicted molar refractivity (Wildman–Crippen MR) is 58.4 cm³/mol. The second-order valence-corrected chi connectivity index (χ2v) is 4.39. The van der Waals surface area contributed by atoms with Crippen LogP contribution in [0.25, 0.3) is 0 Å². The maximum Gasteiger partial charge on any atom is 0.182 e. The third-order valence-corrected chi connectivity index (χ3v) is 3.28. The lowest BCUT2D eigenvalue weighted by atomic mass is 9.86. The van der Waals surface area contributed by atoms with Crippen molar-refractivity contribution in [2.45, 2.75) is 38.5 Å². The minimum atomic E-state index is -0.0335. The zero-order chi connectivity index (χ0) is 10.7. The molecule has 0 N–H and O–H groups in total. The number of hydrogen-bond acceptors (Lipinski definition) is 2. The van der Waals surface area contributed by atoms with Crippen molar-refractivity contribution in [3.8, 4) is 0 Å². The van der Waals surface area contributed by atoms with Crippen LogP contribution in [0.15, 0.2) is 23.8 Å². The summed E-state index contributed by atoms with van der Waals surface area (Å²) in [4.78, 5) is 22.9. The summed E-state index contributed by atoms with van der Waals surface area (Å²) in [6, 6.07) is 0. The van der Waals surface area contributed by atoms with Gasteiger partial charge in [-0.25, -0.2) is 0 Å². The molecule has 0 amide bonds. The monoisotopic (exact) mass is 204 g/mol. The lowest BCUT2D eigenvalue weighted by Gasteiger charge is -2.17. The minimum Gasteiger partial charge on any atom is -0.290 e. The average molecular weight is 204 g/mol. The van der Waals surface area contributed by atoms with Gasteiger partial charge in [-0.2, -0.15) is 0 Å². The number of carbonyl (C=O) groups excluding carboxylic acids is 2. The van der Waals surface area contributed by atoms with E-state index in [-0.39, 0.29) is 11.6 Å². The molecule has 80 valence electrons. The van der Waals surface area contributed by atoms with Gasteiger partial charge >= 0.3 is 0 Å². The molecule has 0 aromatic heterocycles. The van der Waals surface area contributed by atoms with Gasteiger partial charge < -0.3 is 0 Å². The molecule has 0 radical (unpaired) electrons. The molecule has 0 unspecified atom stereocenters. The summed E-state index contributed by atoms with van der Waals surface area (Å²) in [5, 5.41) is 0. The largest absolute Gasteiger partial charge is 0.290 e. The quantitative estimate of drug-likeness (QED) is 0.486. The van der Waals surface area contributed by atoms with Gasteiger partial charge in [0.2, 0.25) is 0 Å². The molecule has 2 aliphatic rings. The van der Waals surface area contributed by atoms with E-state index in [1.807, 2.05) is 0 Å².